The zero-order chi connectivity index (χ0) is 16.3. The Kier molecular flexibility index (Phi) is 4.74. The highest BCUT2D eigenvalue weighted by Crippen LogP contribution is 2.25. The van der Waals surface area contributed by atoms with Crippen molar-refractivity contribution in [1.29, 1.82) is 0 Å². The third-order valence-electron chi connectivity index (χ3n) is 3.59. The number of carbonyl (C=O) groups excluding carboxylic acids is 1. The van der Waals surface area contributed by atoms with Gasteiger partial charge < -0.3 is 0 Å². The SMILES string of the molecule is O=C(NS(=O)(=O)c1cc(F)cc([N+](=O)[O-])c1)C1CCCCC1. The standard InChI is InChI=1S/C13H15FN2O5S/c14-10-6-11(16(18)19)8-12(7-10)22(20,21)15-13(17)9-4-2-1-3-5-9/h6-9H,1-5H2,(H,15,17). The maximum absolute atomic E-state index is 13.3. The molecule has 1 aromatic carbocycles. The molecule has 1 aliphatic rings. The van der Waals surface area contributed by atoms with Gasteiger partial charge >= 0.3 is 0 Å². The summed E-state index contributed by atoms with van der Waals surface area (Å²) in [5.74, 6) is -2.10. The van der Waals surface area contributed by atoms with Crippen LogP contribution in [0.3, 0.4) is 0 Å². The highest BCUT2D eigenvalue weighted by molar-refractivity contribution is 7.90. The van der Waals surface area contributed by atoms with Crippen molar-refractivity contribution in [3.05, 3.63) is 34.1 Å². The average Bonchev–Trinajstić information content (AvgIpc) is 2.47. The highest BCUT2D eigenvalue weighted by Gasteiger charge is 2.27. The van der Waals surface area contributed by atoms with Gasteiger partial charge in [0.25, 0.3) is 15.7 Å². The molecule has 0 spiro atoms. The smallest absolute Gasteiger partial charge is 0.273 e. The van der Waals surface area contributed by atoms with Crippen LogP contribution in [-0.2, 0) is 14.8 Å². The van der Waals surface area contributed by atoms with Crippen LogP contribution in [0.1, 0.15) is 32.1 Å². The predicted molar refractivity (Wildman–Crippen MR) is 75.0 cm³/mol. The Bertz CT molecular complexity index is 698. The fraction of sp³-hybridized carbons (Fsp3) is 0.462. The third kappa shape index (κ3) is 3.79. The van der Waals surface area contributed by atoms with E-state index < -0.39 is 43.2 Å². The number of amides is 1. The molecule has 0 aromatic heterocycles. The third-order valence-corrected chi connectivity index (χ3v) is 4.91. The predicted octanol–water partition coefficient (Wildman–Crippen LogP) is 2.12. The van der Waals surface area contributed by atoms with Gasteiger partial charge in [0.2, 0.25) is 5.91 Å². The van der Waals surface area contributed by atoms with E-state index in [2.05, 4.69) is 0 Å². The molecule has 1 amide bonds. The molecule has 0 unspecified atom stereocenters. The summed E-state index contributed by atoms with van der Waals surface area (Å²) in [4.78, 5) is 21.1. The molecule has 1 saturated carbocycles. The molecule has 0 heterocycles. The van der Waals surface area contributed by atoms with Crippen LogP contribution < -0.4 is 4.72 Å². The van der Waals surface area contributed by atoms with E-state index in [9.17, 15) is 27.7 Å². The van der Waals surface area contributed by atoms with Gasteiger partial charge in [-0.25, -0.2) is 17.5 Å². The molecule has 0 aliphatic heterocycles. The van der Waals surface area contributed by atoms with Crippen molar-refractivity contribution >= 4 is 21.6 Å². The maximum atomic E-state index is 13.3. The molecular weight excluding hydrogens is 315 g/mol. The topological polar surface area (TPSA) is 106 Å². The van der Waals surface area contributed by atoms with Gasteiger partial charge in [-0.2, -0.15) is 0 Å². The van der Waals surface area contributed by atoms with Crippen LogP contribution >= 0.6 is 0 Å². The summed E-state index contributed by atoms with van der Waals surface area (Å²) in [6, 6.07) is 1.98. The molecule has 1 aromatic rings. The minimum atomic E-state index is -4.33. The number of nitrogens with zero attached hydrogens (tertiary/aromatic N) is 1. The minimum Gasteiger partial charge on any atom is -0.274 e. The number of nitrogens with one attached hydrogen (secondary N) is 1. The summed E-state index contributed by atoms with van der Waals surface area (Å²) >= 11 is 0. The van der Waals surface area contributed by atoms with E-state index in [1.165, 1.54) is 0 Å². The van der Waals surface area contributed by atoms with Crippen molar-refractivity contribution in [3.63, 3.8) is 0 Å². The van der Waals surface area contributed by atoms with Gasteiger partial charge in [-0.3, -0.25) is 14.9 Å². The molecule has 0 bridgehead atoms. The van der Waals surface area contributed by atoms with Gasteiger partial charge in [0.05, 0.1) is 15.9 Å². The lowest BCUT2D eigenvalue weighted by molar-refractivity contribution is -0.385. The molecule has 7 nitrogen and oxygen atoms in total. The summed E-state index contributed by atoms with van der Waals surface area (Å²) in [6.07, 6.45) is 3.91. The largest absolute Gasteiger partial charge is 0.274 e. The molecule has 0 radical (unpaired) electrons. The Hall–Kier alpha value is -2.03. The van der Waals surface area contributed by atoms with Crippen molar-refractivity contribution in [2.24, 2.45) is 5.92 Å². The van der Waals surface area contributed by atoms with Crippen molar-refractivity contribution in [2.75, 3.05) is 0 Å². The summed E-state index contributed by atoms with van der Waals surface area (Å²) in [6.45, 7) is 0. The van der Waals surface area contributed by atoms with E-state index in [1.54, 1.807) is 0 Å². The summed E-state index contributed by atoms with van der Waals surface area (Å²) in [5.41, 5.74) is -0.689. The van der Waals surface area contributed by atoms with Gasteiger partial charge in [-0.1, -0.05) is 19.3 Å². The molecule has 9 heteroatoms. The maximum Gasteiger partial charge on any atom is 0.273 e. The second kappa shape index (κ2) is 6.39. The lowest BCUT2D eigenvalue weighted by Crippen LogP contribution is -2.36. The van der Waals surface area contributed by atoms with Crippen LogP contribution in [-0.4, -0.2) is 19.2 Å². The van der Waals surface area contributed by atoms with Crippen molar-refractivity contribution in [3.8, 4) is 0 Å². The first-order valence-electron chi connectivity index (χ1n) is 6.81. The average molecular weight is 330 g/mol. The van der Waals surface area contributed by atoms with Crippen molar-refractivity contribution in [2.45, 2.75) is 37.0 Å². The Morgan fingerprint density at radius 2 is 1.86 bits per heavy atom. The molecule has 2 rings (SSSR count). The number of halogens is 1. The van der Waals surface area contributed by atoms with E-state index in [1.807, 2.05) is 4.72 Å². The summed E-state index contributed by atoms with van der Waals surface area (Å²) < 4.78 is 39.4. The first kappa shape index (κ1) is 16.3. The Morgan fingerprint density at radius 3 is 2.45 bits per heavy atom. The van der Waals surface area contributed by atoms with E-state index in [0.29, 0.717) is 25.0 Å². The van der Waals surface area contributed by atoms with Crippen LogP contribution in [0.25, 0.3) is 0 Å². The second-order valence-electron chi connectivity index (χ2n) is 5.21. The Balaban J connectivity index is 2.23. The zero-order valence-corrected chi connectivity index (χ0v) is 12.4. The zero-order valence-electron chi connectivity index (χ0n) is 11.6. The van der Waals surface area contributed by atoms with Gasteiger partial charge in [0, 0.05) is 12.0 Å². The minimum absolute atomic E-state index is 0.396. The lowest BCUT2D eigenvalue weighted by Gasteiger charge is -2.20. The van der Waals surface area contributed by atoms with Crippen molar-refractivity contribution < 1.29 is 22.5 Å². The van der Waals surface area contributed by atoms with Gasteiger partial charge in [0.1, 0.15) is 5.82 Å². The number of carbonyl (C=O) groups is 1. The Labute approximate surface area is 126 Å². The number of non-ortho nitro benzene ring substituents is 1. The molecule has 0 atom stereocenters. The number of rotatable bonds is 4. The first-order valence-corrected chi connectivity index (χ1v) is 8.29. The Morgan fingerprint density at radius 1 is 1.23 bits per heavy atom. The first-order chi connectivity index (χ1) is 10.3. The monoisotopic (exact) mass is 330 g/mol. The number of benzene rings is 1. The number of sulfonamides is 1. The number of nitro groups is 1. The van der Waals surface area contributed by atoms with E-state index in [-0.39, 0.29) is 0 Å². The molecule has 1 aliphatic carbocycles. The summed E-state index contributed by atoms with van der Waals surface area (Å²) in [7, 11) is -4.33. The van der Waals surface area contributed by atoms with Crippen molar-refractivity contribution in [1.82, 2.24) is 4.72 Å². The van der Waals surface area contributed by atoms with Crippen LogP contribution in [0, 0.1) is 21.8 Å². The van der Waals surface area contributed by atoms with Crippen LogP contribution in [0.5, 0.6) is 0 Å². The fourth-order valence-electron chi connectivity index (χ4n) is 2.45. The molecular formula is C13H15FN2O5S. The van der Waals surface area contributed by atoms with E-state index >= 15 is 0 Å². The normalized spacial score (nSPS) is 16.2. The molecule has 1 N–H and O–H groups in total. The van der Waals surface area contributed by atoms with Crippen LogP contribution in [0.2, 0.25) is 0 Å². The van der Waals surface area contributed by atoms with Gasteiger partial charge in [-0.05, 0) is 18.9 Å². The van der Waals surface area contributed by atoms with E-state index in [0.717, 1.165) is 25.3 Å². The quantitative estimate of drug-likeness (QED) is 0.672. The van der Waals surface area contributed by atoms with E-state index in [4.69, 9.17) is 0 Å². The molecule has 120 valence electrons. The molecule has 1 fully saturated rings. The number of hydrogen-bond donors (Lipinski definition) is 1. The summed E-state index contributed by atoms with van der Waals surface area (Å²) in [5, 5.41) is 10.7. The molecule has 0 saturated heterocycles. The van der Waals surface area contributed by atoms with Crippen LogP contribution in [0.15, 0.2) is 23.1 Å². The van der Waals surface area contributed by atoms with Gasteiger partial charge in [-0.15, -0.1) is 0 Å². The van der Waals surface area contributed by atoms with Gasteiger partial charge in [0.15, 0.2) is 0 Å². The molecule has 22 heavy (non-hydrogen) atoms. The lowest BCUT2D eigenvalue weighted by atomic mass is 9.89. The number of hydrogen-bond acceptors (Lipinski definition) is 5. The highest BCUT2D eigenvalue weighted by atomic mass is 32.2. The van der Waals surface area contributed by atoms with Crippen LogP contribution in [0.4, 0.5) is 10.1 Å². The fourth-order valence-corrected chi connectivity index (χ4v) is 3.54. The number of nitro benzene ring substituents is 1. The second-order valence-corrected chi connectivity index (χ2v) is 6.89.